The van der Waals surface area contributed by atoms with Gasteiger partial charge < -0.3 is 15.5 Å². The second kappa shape index (κ2) is 6.53. The Labute approximate surface area is 111 Å². The molecule has 0 aromatic heterocycles. The highest BCUT2D eigenvalue weighted by molar-refractivity contribution is 5.79. The highest BCUT2D eigenvalue weighted by atomic mass is 16.2. The van der Waals surface area contributed by atoms with E-state index in [4.69, 9.17) is 5.73 Å². The Morgan fingerprint density at radius 1 is 1.22 bits per heavy atom. The molecule has 18 heavy (non-hydrogen) atoms. The predicted molar refractivity (Wildman–Crippen MR) is 75.3 cm³/mol. The van der Waals surface area contributed by atoms with E-state index in [0.29, 0.717) is 6.54 Å². The Kier molecular flexibility index (Phi) is 5.60. The molecule has 1 saturated heterocycles. The lowest BCUT2D eigenvalue weighted by atomic mass is 9.84. The molecule has 1 rings (SSSR count). The molecule has 1 aliphatic rings. The van der Waals surface area contributed by atoms with Crippen molar-refractivity contribution >= 4 is 5.91 Å². The maximum atomic E-state index is 12.5. The average Bonchev–Trinajstić information content (AvgIpc) is 2.49. The van der Waals surface area contributed by atoms with E-state index in [9.17, 15) is 4.79 Å². The third-order valence-corrected chi connectivity index (χ3v) is 3.52. The first-order chi connectivity index (χ1) is 8.33. The van der Waals surface area contributed by atoms with Crippen LogP contribution in [-0.4, -0.2) is 55.5 Å². The quantitative estimate of drug-likeness (QED) is 0.823. The predicted octanol–water partition coefficient (Wildman–Crippen LogP) is 1.16. The van der Waals surface area contributed by atoms with Gasteiger partial charge in [-0.15, -0.1) is 0 Å². The smallest absolute Gasteiger partial charge is 0.227 e. The van der Waals surface area contributed by atoms with Gasteiger partial charge in [0.1, 0.15) is 0 Å². The normalized spacial score (nSPS) is 20.6. The SMILES string of the molecule is CN1CCCN(C(=O)C(CN)CC(C)(C)C)CC1. The van der Waals surface area contributed by atoms with Gasteiger partial charge in [-0.05, 0) is 31.8 Å². The minimum absolute atomic E-state index is 0.0200. The van der Waals surface area contributed by atoms with Crippen LogP contribution >= 0.6 is 0 Å². The summed E-state index contributed by atoms with van der Waals surface area (Å²) in [6.45, 7) is 10.7. The molecule has 4 heteroatoms. The van der Waals surface area contributed by atoms with E-state index in [0.717, 1.165) is 39.0 Å². The number of amides is 1. The minimum atomic E-state index is -0.0200. The summed E-state index contributed by atoms with van der Waals surface area (Å²) in [5, 5.41) is 0. The minimum Gasteiger partial charge on any atom is -0.341 e. The summed E-state index contributed by atoms with van der Waals surface area (Å²) in [6.07, 6.45) is 1.93. The number of carbonyl (C=O) groups excluding carboxylic acids is 1. The third kappa shape index (κ3) is 4.94. The van der Waals surface area contributed by atoms with Gasteiger partial charge in [0.2, 0.25) is 5.91 Å². The molecule has 1 fully saturated rings. The number of rotatable bonds is 3. The summed E-state index contributed by atoms with van der Waals surface area (Å²) in [6, 6.07) is 0. The van der Waals surface area contributed by atoms with E-state index in [-0.39, 0.29) is 17.2 Å². The number of nitrogens with zero attached hydrogens (tertiary/aromatic N) is 2. The van der Waals surface area contributed by atoms with Crippen molar-refractivity contribution in [2.45, 2.75) is 33.6 Å². The molecular formula is C14H29N3O. The van der Waals surface area contributed by atoms with Crippen LogP contribution in [0.25, 0.3) is 0 Å². The lowest BCUT2D eigenvalue weighted by Gasteiger charge is -2.29. The van der Waals surface area contributed by atoms with Gasteiger partial charge in [0, 0.05) is 26.2 Å². The van der Waals surface area contributed by atoms with Crippen molar-refractivity contribution in [2.75, 3.05) is 39.8 Å². The van der Waals surface area contributed by atoms with Gasteiger partial charge in [0.15, 0.2) is 0 Å². The molecule has 0 bridgehead atoms. The molecule has 0 aromatic rings. The van der Waals surface area contributed by atoms with Crippen LogP contribution in [0.5, 0.6) is 0 Å². The van der Waals surface area contributed by atoms with E-state index in [1.165, 1.54) is 0 Å². The Bertz CT molecular complexity index is 273. The summed E-state index contributed by atoms with van der Waals surface area (Å²) in [5.74, 6) is 0.233. The molecular weight excluding hydrogens is 226 g/mol. The zero-order chi connectivity index (χ0) is 13.8. The highest BCUT2D eigenvalue weighted by Crippen LogP contribution is 2.25. The summed E-state index contributed by atoms with van der Waals surface area (Å²) in [5.41, 5.74) is 5.95. The molecule has 0 saturated carbocycles. The Morgan fingerprint density at radius 2 is 1.89 bits per heavy atom. The monoisotopic (exact) mass is 255 g/mol. The number of hydrogen-bond donors (Lipinski definition) is 1. The van der Waals surface area contributed by atoms with Gasteiger partial charge >= 0.3 is 0 Å². The molecule has 1 amide bonds. The van der Waals surface area contributed by atoms with Crippen LogP contribution in [0.2, 0.25) is 0 Å². The van der Waals surface area contributed by atoms with Gasteiger partial charge in [-0.3, -0.25) is 4.79 Å². The number of nitrogens with two attached hydrogens (primary N) is 1. The molecule has 1 heterocycles. The van der Waals surface area contributed by atoms with Crippen LogP contribution in [0.4, 0.5) is 0 Å². The van der Waals surface area contributed by atoms with Crippen molar-refractivity contribution < 1.29 is 4.79 Å². The van der Waals surface area contributed by atoms with Crippen LogP contribution in [0, 0.1) is 11.3 Å². The molecule has 1 unspecified atom stereocenters. The van der Waals surface area contributed by atoms with Crippen molar-refractivity contribution in [2.24, 2.45) is 17.1 Å². The van der Waals surface area contributed by atoms with Crippen molar-refractivity contribution in [1.29, 1.82) is 0 Å². The summed E-state index contributed by atoms with van der Waals surface area (Å²) in [7, 11) is 2.11. The van der Waals surface area contributed by atoms with Crippen molar-refractivity contribution in [3.05, 3.63) is 0 Å². The number of carbonyl (C=O) groups is 1. The molecule has 106 valence electrons. The summed E-state index contributed by atoms with van der Waals surface area (Å²) >= 11 is 0. The zero-order valence-corrected chi connectivity index (χ0v) is 12.4. The van der Waals surface area contributed by atoms with Crippen LogP contribution < -0.4 is 5.73 Å². The summed E-state index contributed by atoms with van der Waals surface area (Å²) in [4.78, 5) is 16.8. The molecule has 1 aliphatic heterocycles. The second-order valence-electron chi connectivity index (χ2n) is 6.68. The molecule has 0 spiro atoms. The zero-order valence-electron chi connectivity index (χ0n) is 12.4. The Balaban J connectivity index is 2.60. The maximum absolute atomic E-state index is 12.5. The first-order valence-corrected chi connectivity index (χ1v) is 7.01. The fourth-order valence-corrected chi connectivity index (χ4v) is 2.54. The van der Waals surface area contributed by atoms with Gasteiger partial charge in [-0.25, -0.2) is 0 Å². The van der Waals surface area contributed by atoms with E-state index in [1.807, 2.05) is 4.90 Å². The molecule has 0 aliphatic carbocycles. The highest BCUT2D eigenvalue weighted by Gasteiger charge is 2.28. The maximum Gasteiger partial charge on any atom is 0.227 e. The van der Waals surface area contributed by atoms with Crippen LogP contribution in [0.15, 0.2) is 0 Å². The molecule has 2 N–H and O–H groups in total. The fourth-order valence-electron chi connectivity index (χ4n) is 2.54. The first-order valence-electron chi connectivity index (χ1n) is 7.01. The number of hydrogen-bond acceptors (Lipinski definition) is 3. The van der Waals surface area contributed by atoms with E-state index < -0.39 is 0 Å². The summed E-state index contributed by atoms with van der Waals surface area (Å²) < 4.78 is 0. The van der Waals surface area contributed by atoms with E-state index in [2.05, 4.69) is 32.7 Å². The van der Waals surface area contributed by atoms with Crippen LogP contribution in [0.1, 0.15) is 33.6 Å². The topological polar surface area (TPSA) is 49.6 Å². The van der Waals surface area contributed by atoms with Crippen molar-refractivity contribution in [3.63, 3.8) is 0 Å². The van der Waals surface area contributed by atoms with Gasteiger partial charge in [0.25, 0.3) is 0 Å². The van der Waals surface area contributed by atoms with Gasteiger partial charge in [-0.2, -0.15) is 0 Å². The van der Waals surface area contributed by atoms with Crippen LogP contribution in [0.3, 0.4) is 0 Å². The lowest BCUT2D eigenvalue weighted by molar-refractivity contribution is -0.136. The van der Waals surface area contributed by atoms with Crippen molar-refractivity contribution in [3.8, 4) is 0 Å². The van der Waals surface area contributed by atoms with E-state index in [1.54, 1.807) is 0 Å². The molecule has 0 aromatic carbocycles. The number of likely N-dealkylation sites (N-methyl/N-ethyl adjacent to an activating group) is 1. The standard InChI is InChI=1S/C14H29N3O/c1-14(2,3)10-12(11-15)13(18)17-7-5-6-16(4)8-9-17/h12H,5-11,15H2,1-4H3. The molecule has 1 atom stereocenters. The average molecular weight is 255 g/mol. The fraction of sp³-hybridized carbons (Fsp3) is 0.929. The largest absolute Gasteiger partial charge is 0.341 e. The third-order valence-electron chi connectivity index (χ3n) is 3.52. The lowest BCUT2D eigenvalue weighted by Crippen LogP contribution is -2.42. The van der Waals surface area contributed by atoms with E-state index >= 15 is 0 Å². The Hall–Kier alpha value is -0.610. The Morgan fingerprint density at radius 3 is 2.44 bits per heavy atom. The molecule has 0 radical (unpaired) electrons. The first kappa shape index (κ1) is 15.4. The van der Waals surface area contributed by atoms with Gasteiger partial charge in [0.05, 0.1) is 5.92 Å². The van der Waals surface area contributed by atoms with Crippen LogP contribution in [-0.2, 0) is 4.79 Å². The van der Waals surface area contributed by atoms with Crippen molar-refractivity contribution in [1.82, 2.24) is 9.80 Å². The second-order valence-corrected chi connectivity index (χ2v) is 6.68. The van der Waals surface area contributed by atoms with Gasteiger partial charge in [-0.1, -0.05) is 20.8 Å². The molecule has 4 nitrogen and oxygen atoms in total.